The monoisotopic (exact) mass is 352 g/mol. The summed E-state index contributed by atoms with van der Waals surface area (Å²) in [7, 11) is 0. The fourth-order valence-corrected chi connectivity index (χ4v) is 4.56. The van der Waals surface area contributed by atoms with Crippen molar-refractivity contribution < 1.29 is 4.79 Å². The van der Waals surface area contributed by atoms with Gasteiger partial charge in [-0.15, -0.1) is 11.3 Å². The van der Waals surface area contributed by atoms with Crippen LogP contribution in [0, 0.1) is 26.2 Å². The van der Waals surface area contributed by atoms with Crippen molar-refractivity contribution in [3.05, 3.63) is 52.0 Å². The number of carbonyl (C=O) groups excluding carboxylic acids is 1. The number of hydrogen-bond donors (Lipinski definition) is 1. The van der Waals surface area contributed by atoms with Crippen LogP contribution in [0.25, 0.3) is 21.3 Å². The quantitative estimate of drug-likeness (QED) is 0.723. The lowest BCUT2D eigenvalue weighted by Crippen LogP contribution is -2.33. The van der Waals surface area contributed by atoms with E-state index in [0.717, 1.165) is 20.8 Å². The van der Waals surface area contributed by atoms with Crippen molar-refractivity contribution in [2.45, 2.75) is 41.0 Å². The summed E-state index contributed by atoms with van der Waals surface area (Å²) in [6, 6.07) is 10.7. The van der Waals surface area contributed by atoms with Crippen LogP contribution in [-0.4, -0.2) is 10.9 Å². The molecule has 130 valence electrons. The first-order valence-corrected chi connectivity index (χ1v) is 9.27. The SMILES string of the molecule is Cc1cc(C)c(-c2cccc3sc(CC(C)(C)C(N)=O)nc23)c(C)c1. The van der Waals surface area contributed by atoms with Crippen LogP contribution in [0.4, 0.5) is 0 Å². The summed E-state index contributed by atoms with van der Waals surface area (Å²) in [6.45, 7) is 10.2. The molecule has 0 aliphatic carbocycles. The van der Waals surface area contributed by atoms with E-state index in [0.29, 0.717) is 6.42 Å². The Kier molecular flexibility index (Phi) is 4.41. The van der Waals surface area contributed by atoms with Crippen molar-refractivity contribution in [1.82, 2.24) is 4.98 Å². The summed E-state index contributed by atoms with van der Waals surface area (Å²) < 4.78 is 1.15. The Morgan fingerprint density at radius 1 is 1.16 bits per heavy atom. The van der Waals surface area contributed by atoms with Gasteiger partial charge in [-0.3, -0.25) is 4.79 Å². The first kappa shape index (κ1) is 17.6. The lowest BCUT2D eigenvalue weighted by molar-refractivity contribution is -0.125. The molecule has 1 aromatic heterocycles. The number of benzene rings is 2. The number of carbonyl (C=O) groups is 1. The summed E-state index contributed by atoms with van der Waals surface area (Å²) in [5, 5.41) is 0.952. The van der Waals surface area contributed by atoms with Gasteiger partial charge in [0.2, 0.25) is 5.91 Å². The molecule has 0 saturated heterocycles. The van der Waals surface area contributed by atoms with Crippen molar-refractivity contribution in [3.8, 4) is 11.1 Å². The second-order valence-corrected chi connectivity index (χ2v) is 8.57. The first-order valence-electron chi connectivity index (χ1n) is 8.45. The maximum absolute atomic E-state index is 11.6. The Morgan fingerprint density at radius 2 is 1.80 bits per heavy atom. The van der Waals surface area contributed by atoms with Crippen LogP contribution in [0.1, 0.15) is 35.5 Å². The van der Waals surface area contributed by atoms with E-state index < -0.39 is 5.41 Å². The highest BCUT2D eigenvalue weighted by Gasteiger charge is 2.27. The van der Waals surface area contributed by atoms with E-state index >= 15 is 0 Å². The average Bonchev–Trinajstić information content (AvgIpc) is 2.88. The number of amides is 1. The van der Waals surface area contributed by atoms with Crippen LogP contribution >= 0.6 is 11.3 Å². The zero-order chi connectivity index (χ0) is 18.4. The zero-order valence-electron chi connectivity index (χ0n) is 15.4. The molecule has 4 heteroatoms. The molecule has 0 bridgehead atoms. The fraction of sp³-hybridized carbons (Fsp3) is 0.333. The number of thiazole rings is 1. The minimum atomic E-state index is -0.594. The third-order valence-electron chi connectivity index (χ3n) is 4.67. The van der Waals surface area contributed by atoms with E-state index in [2.05, 4.69) is 51.1 Å². The maximum Gasteiger partial charge on any atom is 0.223 e. The smallest absolute Gasteiger partial charge is 0.223 e. The van der Waals surface area contributed by atoms with E-state index in [1.807, 2.05) is 13.8 Å². The summed E-state index contributed by atoms with van der Waals surface area (Å²) in [5.74, 6) is -0.294. The molecule has 2 aromatic carbocycles. The van der Waals surface area contributed by atoms with Crippen LogP contribution in [0.3, 0.4) is 0 Å². The Balaban J connectivity index is 2.15. The molecule has 1 heterocycles. The van der Waals surface area contributed by atoms with E-state index in [9.17, 15) is 4.79 Å². The normalized spacial score (nSPS) is 11.9. The van der Waals surface area contributed by atoms with Crippen LogP contribution in [0.5, 0.6) is 0 Å². The molecule has 0 atom stereocenters. The molecular formula is C21H24N2OS. The Morgan fingerprint density at radius 3 is 2.40 bits per heavy atom. The average molecular weight is 353 g/mol. The van der Waals surface area contributed by atoms with Gasteiger partial charge in [0.05, 0.1) is 15.2 Å². The lowest BCUT2D eigenvalue weighted by Gasteiger charge is -2.18. The molecule has 1 amide bonds. The largest absolute Gasteiger partial charge is 0.369 e. The molecule has 0 saturated carbocycles. The van der Waals surface area contributed by atoms with Gasteiger partial charge in [0.15, 0.2) is 0 Å². The molecule has 0 fully saturated rings. The van der Waals surface area contributed by atoms with Crippen molar-refractivity contribution in [2.24, 2.45) is 11.1 Å². The van der Waals surface area contributed by atoms with Gasteiger partial charge in [-0.25, -0.2) is 4.98 Å². The van der Waals surface area contributed by atoms with Crippen molar-refractivity contribution >= 4 is 27.5 Å². The third-order valence-corrected chi connectivity index (χ3v) is 5.69. The fourth-order valence-electron chi connectivity index (χ4n) is 3.34. The molecule has 3 nitrogen and oxygen atoms in total. The Bertz CT molecular complexity index is 946. The van der Waals surface area contributed by atoms with E-state index in [1.165, 1.54) is 22.3 Å². The molecule has 0 radical (unpaired) electrons. The van der Waals surface area contributed by atoms with Crippen LogP contribution < -0.4 is 5.73 Å². The van der Waals surface area contributed by atoms with Gasteiger partial charge in [-0.2, -0.15) is 0 Å². The minimum Gasteiger partial charge on any atom is -0.369 e. The third kappa shape index (κ3) is 3.31. The van der Waals surface area contributed by atoms with E-state index in [4.69, 9.17) is 10.7 Å². The Hall–Kier alpha value is -2.20. The molecular weight excluding hydrogens is 328 g/mol. The molecule has 0 aliphatic rings. The molecule has 25 heavy (non-hydrogen) atoms. The summed E-state index contributed by atoms with van der Waals surface area (Å²) >= 11 is 1.65. The standard InChI is InChI=1S/C21H24N2OS/c1-12-9-13(2)18(14(3)10-12)15-7-6-8-16-19(15)23-17(25-16)11-21(4,5)20(22)24/h6-10H,11H2,1-5H3,(H2,22,24). The zero-order valence-corrected chi connectivity index (χ0v) is 16.3. The topological polar surface area (TPSA) is 56.0 Å². The van der Waals surface area contributed by atoms with Gasteiger partial charge < -0.3 is 5.73 Å². The van der Waals surface area contributed by atoms with Gasteiger partial charge in [0.25, 0.3) is 0 Å². The molecule has 3 rings (SSSR count). The highest BCUT2D eigenvalue weighted by atomic mass is 32.1. The molecule has 0 aliphatic heterocycles. The van der Waals surface area contributed by atoms with E-state index in [-0.39, 0.29) is 5.91 Å². The molecule has 0 spiro atoms. The van der Waals surface area contributed by atoms with E-state index in [1.54, 1.807) is 11.3 Å². The lowest BCUT2D eigenvalue weighted by atomic mass is 9.89. The van der Waals surface area contributed by atoms with Crippen LogP contribution in [0.15, 0.2) is 30.3 Å². The second kappa shape index (κ2) is 6.26. The van der Waals surface area contributed by atoms with Gasteiger partial charge in [0.1, 0.15) is 0 Å². The highest BCUT2D eigenvalue weighted by Crippen LogP contribution is 2.37. The van der Waals surface area contributed by atoms with Crippen molar-refractivity contribution in [2.75, 3.05) is 0 Å². The second-order valence-electron chi connectivity index (χ2n) is 7.46. The number of rotatable bonds is 4. The highest BCUT2D eigenvalue weighted by molar-refractivity contribution is 7.18. The van der Waals surface area contributed by atoms with Crippen molar-refractivity contribution in [1.29, 1.82) is 0 Å². The summed E-state index contributed by atoms with van der Waals surface area (Å²) in [6.07, 6.45) is 0.562. The van der Waals surface area contributed by atoms with Crippen LogP contribution in [-0.2, 0) is 11.2 Å². The summed E-state index contributed by atoms with van der Waals surface area (Å²) in [4.78, 5) is 16.5. The van der Waals surface area contributed by atoms with Gasteiger partial charge in [-0.1, -0.05) is 43.7 Å². The number of nitrogens with zero attached hydrogens (tertiary/aromatic N) is 1. The first-order chi connectivity index (χ1) is 11.7. The molecule has 3 aromatic rings. The molecule has 0 unspecified atom stereocenters. The maximum atomic E-state index is 11.6. The predicted octanol–water partition coefficient (Wildman–Crippen LogP) is 4.94. The number of hydrogen-bond acceptors (Lipinski definition) is 3. The van der Waals surface area contributed by atoms with Gasteiger partial charge in [-0.05, 0) is 43.5 Å². The van der Waals surface area contributed by atoms with Crippen LogP contribution in [0.2, 0.25) is 0 Å². The molecule has 2 N–H and O–H groups in total. The number of aryl methyl sites for hydroxylation is 3. The van der Waals surface area contributed by atoms with Gasteiger partial charge in [0, 0.05) is 17.4 Å². The number of primary amides is 1. The Labute approximate surface area is 152 Å². The van der Waals surface area contributed by atoms with Gasteiger partial charge >= 0.3 is 0 Å². The number of aromatic nitrogens is 1. The van der Waals surface area contributed by atoms with Crippen molar-refractivity contribution in [3.63, 3.8) is 0 Å². The number of para-hydroxylation sites is 1. The number of fused-ring (bicyclic) bond motifs is 1. The predicted molar refractivity (Wildman–Crippen MR) is 106 cm³/mol. The number of nitrogens with two attached hydrogens (primary N) is 1. The summed E-state index contributed by atoms with van der Waals surface area (Å²) in [5.41, 5.74) is 12.1. The minimum absolute atomic E-state index is 0.294.